The Kier molecular flexibility index (Phi) is 4.01. The Hall–Kier alpha value is -2.08. The largest absolute Gasteiger partial charge is 0.382 e. The highest BCUT2D eigenvalue weighted by Gasteiger charge is 2.17. The van der Waals surface area contributed by atoms with Gasteiger partial charge in [0.2, 0.25) is 0 Å². The second-order valence-corrected chi connectivity index (χ2v) is 4.96. The van der Waals surface area contributed by atoms with Crippen molar-refractivity contribution in [3.63, 3.8) is 0 Å². The number of benzene rings is 1. The number of hydrogen-bond acceptors (Lipinski definition) is 5. The summed E-state index contributed by atoms with van der Waals surface area (Å²) >= 11 is 1.20. The number of nitrogens with two attached hydrogens (primary N) is 1. The van der Waals surface area contributed by atoms with Crippen molar-refractivity contribution < 1.29 is 4.79 Å². The summed E-state index contributed by atoms with van der Waals surface area (Å²) in [5, 5.41) is 6.45. The first-order valence-electron chi connectivity index (χ1n) is 5.88. The molecule has 2 rings (SSSR count). The van der Waals surface area contributed by atoms with Gasteiger partial charge in [-0.25, -0.2) is 0 Å². The Bertz CT molecular complexity index is 577. The molecule has 6 heteroatoms. The molecule has 0 atom stereocenters. The van der Waals surface area contributed by atoms with Crippen LogP contribution in [-0.2, 0) is 6.54 Å². The predicted octanol–water partition coefficient (Wildman–Crippen LogP) is 2.01. The van der Waals surface area contributed by atoms with Crippen molar-refractivity contribution in [1.29, 1.82) is 0 Å². The van der Waals surface area contributed by atoms with E-state index in [0.29, 0.717) is 17.1 Å². The van der Waals surface area contributed by atoms with E-state index in [2.05, 4.69) is 27.1 Å². The molecule has 2 aromatic rings. The van der Waals surface area contributed by atoms with Gasteiger partial charge in [0.05, 0.1) is 0 Å². The van der Waals surface area contributed by atoms with Crippen molar-refractivity contribution in [3.05, 3.63) is 41.0 Å². The third-order valence-corrected chi connectivity index (χ3v) is 3.57. The second kappa shape index (κ2) is 5.71. The highest BCUT2D eigenvalue weighted by molar-refractivity contribution is 7.11. The molecule has 5 nitrogen and oxygen atoms in total. The van der Waals surface area contributed by atoms with Gasteiger partial charge in [0.15, 0.2) is 5.82 Å². The Morgan fingerprint density at radius 2 is 2.05 bits per heavy atom. The molecule has 0 unspecified atom stereocenters. The lowest BCUT2D eigenvalue weighted by atomic mass is 10.1. The van der Waals surface area contributed by atoms with E-state index < -0.39 is 0 Å². The van der Waals surface area contributed by atoms with Crippen LogP contribution in [0.25, 0.3) is 0 Å². The van der Waals surface area contributed by atoms with E-state index in [1.54, 1.807) is 7.05 Å². The van der Waals surface area contributed by atoms with Gasteiger partial charge in [-0.05, 0) is 24.0 Å². The third-order valence-electron chi connectivity index (χ3n) is 2.75. The smallest absolute Gasteiger partial charge is 0.257 e. The fraction of sp³-hybridized carbons (Fsp3) is 0.231. The molecule has 0 bridgehead atoms. The van der Waals surface area contributed by atoms with Crippen LogP contribution in [-0.4, -0.2) is 17.3 Å². The molecule has 4 N–H and O–H groups in total. The van der Waals surface area contributed by atoms with Crippen molar-refractivity contribution in [2.75, 3.05) is 18.1 Å². The number of aromatic nitrogens is 1. The highest BCUT2D eigenvalue weighted by atomic mass is 32.1. The van der Waals surface area contributed by atoms with Crippen LogP contribution >= 0.6 is 11.5 Å². The van der Waals surface area contributed by atoms with Crippen LogP contribution in [0.1, 0.15) is 21.5 Å². The van der Waals surface area contributed by atoms with E-state index in [1.807, 2.05) is 19.1 Å². The van der Waals surface area contributed by atoms with Gasteiger partial charge in [-0.2, -0.15) is 4.37 Å². The van der Waals surface area contributed by atoms with Crippen LogP contribution in [0.5, 0.6) is 0 Å². The Morgan fingerprint density at radius 3 is 2.68 bits per heavy atom. The number of anilines is 2. The zero-order chi connectivity index (χ0) is 13.8. The molecule has 1 heterocycles. The fourth-order valence-electron chi connectivity index (χ4n) is 1.66. The van der Waals surface area contributed by atoms with Gasteiger partial charge in [-0.3, -0.25) is 4.79 Å². The summed E-state index contributed by atoms with van der Waals surface area (Å²) in [7, 11) is 1.57. The Balaban J connectivity index is 2.11. The van der Waals surface area contributed by atoms with Crippen molar-refractivity contribution in [2.24, 2.45) is 0 Å². The van der Waals surface area contributed by atoms with Crippen LogP contribution in [0, 0.1) is 6.92 Å². The lowest BCUT2D eigenvalue weighted by Crippen LogP contribution is -2.20. The molecule has 1 amide bonds. The van der Waals surface area contributed by atoms with E-state index in [0.717, 1.165) is 5.56 Å². The maximum absolute atomic E-state index is 11.7. The number of nitrogens with one attached hydrogen (secondary N) is 2. The van der Waals surface area contributed by atoms with Gasteiger partial charge in [-0.15, -0.1) is 0 Å². The number of carbonyl (C=O) groups excluding carboxylic acids is 1. The first-order chi connectivity index (χ1) is 9.11. The number of carbonyl (C=O) groups is 1. The van der Waals surface area contributed by atoms with Crippen molar-refractivity contribution in [1.82, 2.24) is 9.69 Å². The minimum Gasteiger partial charge on any atom is -0.382 e. The molecular weight excluding hydrogens is 260 g/mol. The molecule has 1 aromatic carbocycles. The molecule has 0 fully saturated rings. The topological polar surface area (TPSA) is 80.0 Å². The monoisotopic (exact) mass is 276 g/mol. The molecule has 0 spiro atoms. The number of hydrogen-bond donors (Lipinski definition) is 3. The molecule has 1 aromatic heterocycles. The van der Waals surface area contributed by atoms with E-state index in [1.165, 1.54) is 17.1 Å². The summed E-state index contributed by atoms with van der Waals surface area (Å²) in [5.41, 5.74) is 8.48. The molecule has 19 heavy (non-hydrogen) atoms. The number of nitrogens with zero attached hydrogens (tertiary/aromatic N) is 1. The number of aryl methyl sites for hydroxylation is 1. The number of rotatable bonds is 4. The van der Waals surface area contributed by atoms with Crippen LogP contribution in [0.4, 0.5) is 10.8 Å². The summed E-state index contributed by atoms with van der Waals surface area (Å²) in [6, 6.07) is 8.20. The highest BCUT2D eigenvalue weighted by Crippen LogP contribution is 2.27. The second-order valence-electron chi connectivity index (χ2n) is 4.19. The first-order valence-corrected chi connectivity index (χ1v) is 6.65. The van der Waals surface area contributed by atoms with Crippen LogP contribution < -0.4 is 16.4 Å². The lowest BCUT2D eigenvalue weighted by Gasteiger charge is -2.06. The first kappa shape index (κ1) is 13.4. The van der Waals surface area contributed by atoms with Gasteiger partial charge in [0, 0.05) is 13.6 Å². The Morgan fingerprint density at radius 1 is 1.37 bits per heavy atom. The summed E-state index contributed by atoms with van der Waals surface area (Å²) in [6.07, 6.45) is 0. The van der Waals surface area contributed by atoms with Crippen LogP contribution in [0.2, 0.25) is 0 Å². The van der Waals surface area contributed by atoms with Gasteiger partial charge in [-0.1, -0.05) is 29.8 Å². The van der Waals surface area contributed by atoms with Crippen molar-refractivity contribution in [3.8, 4) is 0 Å². The van der Waals surface area contributed by atoms with Gasteiger partial charge < -0.3 is 16.4 Å². The average molecular weight is 276 g/mol. The number of nitrogen functional groups attached to an aromatic ring is 1. The van der Waals surface area contributed by atoms with E-state index in [9.17, 15) is 4.79 Å². The maximum Gasteiger partial charge on any atom is 0.257 e. The van der Waals surface area contributed by atoms with Crippen molar-refractivity contribution >= 4 is 28.3 Å². The summed E-state index contributed by atoms with van der Waals surface area (Å²) in [4.78, 5) is 11.7. The van der Waals surface area contributed by atoms with Crippen LogP contribution in [0.15, 0.2) is 24.3 Å². The van der Waals surface area contributed by atoms with Gasteiger partial charge in [0.1, 0.15) is 10.6 Å². The average Bonchev–Trinajstić information content (AvgIpc) is 2.78. The quantitative estimate of drug-likeness (QED) is 0.798. The molecule has 0 aliphatic rings. The van der Waals surface area contributed by atoms with Gasteiger partial charge >= 0.3 is 0 Å². The SMILES string of the molecule is CNC(=O)c1c(N)nsc1NCc1ccc(C)cc1. The van der Waals surface area contributed by atoms with E-state index >= 15 is 0 Å². The molecular formula is C13H16N4OS. The van der Waals surface area contributed by atoms with E-state index in [4.69, 9.17) is 5.73 Å². The summed E-state index contributed by atoms with van der Waals surface area (Å²) < 4.78 is 4.01. The minimum absolute atomic E-state index is 0.224. The molecule has 0 aliphatic carbocycles. The minimum atomic E-state index is -0.224. The van der Waals surface area contributed by atoms with E-state index in [-0.39, 0.29) is 11.7 Å². The fourth-order valence-corrected chi connectivity index (χ4v) is 2.36. The molecule has 0 aliphatic heterocycles. The molecule has 100 valence electrons. The standard InChI is InChI=1S/C13H16N4OS/c1-8-3-5-9(6-4-8)7-16-13-10(12(18)15-2)11(14)17-19-13/h3-6,16H,7H2,1-2H3,(H2,14,17)(H,15,18). The normalized spacial score (nSPS) is 10.2. The van der Waals surface area contributed by atoms with Gasteiger partial charge in [0.25, 0.3) is 5.91 Å². The van der Waals surface area contributed by atoms with Crippen molar-refractivity contribution in [2.45, 2.75) is 13.5 Å². The predicted molar refractivity (Wildman–Crippen MR) is 78.4 cm³/mol. The molecule has 0 saturated heterocycles. The zero-order valence-electron chi connectivity index (χ0n) is 10.9. The molecule has 0 radical (unpaired) electrons. The summed E-state index contributed by atoms with van der Waals surface area (Å²) in [6.45, 7) is 2.68. The summed E-state index contributed by atoms with van der Waals surface area (Å²) in [5.74, 6) is 0.0356. The maximum atomic E-state index is 11.7. The molecule has 0 saturated carbocycles. The zero-order valence-corrected chi connectivity index (χ0v) is 11.7. The van der Waals surface area contributed by atoms with Crippen LogP contribution in [0.3, 0.4) is 0 Å². The Labute approximate surface area is 116 Å². The lowest BCUT2D eigenvalue weighted by molar-refractivity contribution is 0.0965. The third kappa shape index (κ3) is 3.03. The number of amides is 1.